The highest BCUT2D eigenvalue weighted by molar-refractivity contribution is 6.31. The molecule has 0 bridgehead atoms. The first kappa shape index (κ1) is 10.1. The molecule has 0 aliphatic rings. The molecule has 2 aromatic rings. The van der Waals surface area contributed by atoms with Gasteiger partial charge in [0.15, 0.2) is 0 Å². The molecule has 1 aromatic heterocycles. The first-order valence-corrected chi connectivity index (χ1v) is 5.25. The summed E-state index contributed by atoms with van der Waals surface area (Å²) in [6.07, 6.45) is 3.94. The highest BCUT2D eigenvalue weighted by Gasteiger charge is 1.97. The van der Waals surface area contributed by atoms with Crippen LogP contribution in [0.2, 0.25) is 5.02 Å². The zero-order valence-electron chi connectivity index (χ0n) is 8.57. The normalized spacial score (nSPS) is 10.3. The van der Waals surface area contributed by atoms with Gasteiger partial charge in [0.25, 0.3) is 0 Å². The van der Waals surface area contributed by atoms with Crippen molar-refractivity contribution in [2.45, 2.75) is 13.5 Å². The van der Waals surface area contributed by atoms with Gasteiger partial charge in [0.2, 0.25) is 0 Å². The molecule has 0 spiro atoms. The lowest BCUT2D eigenvalue weighted by molar-refractivity contribution is 0.847. The number of halogens is 1. The monoisotopic (exact) mass is 220 g/mol. The summed E-state index contributed by atoms with van der Waals surface area (Å²) in [6, 6.07) is 10.1. The molecule has 3 heteroatoms. The SMILES string of the molecule is Cc1ccc(CNn2cccc2)cc1Cl. The topological polar surface area (TPSA) is 17.0 Å². The Labute approximate surface area is 94.5 Å². The van der Waals surface area contributed by atoms with Crippen molar-refractivity contribution in [3.05, 3.63) is 58.9 Å². The summed E-state index contributed by atoms with van der Waals surface area (Å²) >= 11 is 6.04. The molecule has 0 unspecified atom stereocenters. The number of nitrogens with one attached hydrogen (secondary N) is 1. The number of hydrogen-bond donors (Lipinski definition) is 1. The molecule has 2 rings (SSSR count). The quantitative estimate of drug-likeness (QED) is 0.841. The first-order chi connectivity index (χ1) is 7.25. The molecule has 1 heterocycles. The summed E-state index contributed by atoms with van der Waals surface area (Å²) in [5.41, 5.74) is 5.54. The van der Waals surface area contributed by atoms with Gasteiger partial charge in [-0.15, -0.1) is 0 Å². The van der Waals surface area contributed by atoms with E-state index in [4.69, 9.17) is 11.6 Å². The zero-order valence-corrected chi connectivity index (χ0v) is 9.33. The van der Waals surface area contributed by atoms with E-state index in [9.17, 15) is 0 Å². The lowest BCUT2D eigenvalue weighted by Crippen LogP contribution is -2.11. The fourth-order valence-electron chi connectivity index (χ4n) is 1.37. The molecule has 0 fully saturated rings. The molecular formula is C12H13ClN2. The number of aryl methyl sites for hydroxylation is 1. The van der Waals surface area contributed by atoms with Gasteiger partial charge in [-0.25, -0.2) is 0 Å². The van der Waals surface area contributed by atoms with Crippen LogP contribution in [0.1, 0.15) is 11.1 Å². The van der Waals surface area contributed by atoms with Gasteiger partial charge in [-0.05, 0) is 36.2 Å². The van der Waals surface area contributed by atoms with Crippen molar-refractivity contribution in [2.75, 3.05) is 5.43 Å². The molecular weight excluding hydrogens is 208 g/mol. The largest absolute Gasteiger partial charge is 0.322 e. The van der Waals surface area contributed by atoms with Gasteiger partial charge >= 0.3 is 0 Å². The molecule has 0 aliphatic carbocycles. The highest BCUT2D eigenvalue weighted by Crippen LogP contribution is 2.16. The number of nitrogens with zero attached hydrogens (tertiary/aromatic N) is 1. The van der Waals surface area contributed by atoms with Crippen molar-refractivity contribution < 1.29 is 0 Å². The lowest BCUT2D eigenvalue weighted by atomic mass is 10.1. The summed E-state index contributed by atoms with van der Waals surface area (Å²) in [5, 5.41) is 0.821. The van der Waals surface area contributed by atoms with Crippen LogP contribution in [0.5, 0.6) is 0 Å². The molecule has 2 nitrogen and oxygen atoms in total. The van der Waals surface area contributed by atoms with Crippen molar-refractivity contribution in [3.8, 4) is 0 Å². The maximum Gasteiger partial charge on any atom is 0.0564 e. The van der Waals surface area contributed by atoms with E-state index in [-0.39, 0.29) is 0 Å². The van der Waals surface area contributed by atoms with Gasteiger partial charge in [-0.2, -0.15) is 0 Å². The van der Waals surface area contributed by atoms with Crippen molar-refractivity contribution in [3.63, 3.8) is 0 Å². The molecule has 0 amide bonds. The fraction of sp³-hybridized carbons (Fsp3) is 0.167. The maximum atomic E-state index is 6.04. The minimum Gasteiger partial charge on any atom is -0.322 e. The number of benzene rings is 1. The number of aromatic nitrogens is 1. The third-order valence-corrected chi connectivity index (χ3v) is 2.71. The van der Waals surface area contributed by atoms with E-state index in [1.54, 1.807) is 0 Å². The minimum absolute atomic E-state index is 0.772. The third kappa shape index (κ3) is 2.54. The van der Waals surface area contributed by atoms with Crippen molar-refractivity contribution in [1.82, 2.24) is 4.68 Å². The predicted molar refractivity (Wildman–Crippen MR) is 63.7 cm³/mol. The molecule has 0 saturated carbocycles. The summed E-state index contributed by atoms with van der Waals surface area (Å²) in [6.45, 7) is 2.78. The van der Waals surface area contributed by atoms with Crippen LogP contribution >= 0.6 is 11.6 Å². The van der Waals surface area contributed by atoms with Crippen LogP contribution in [0.25, 0.3) is 0 Å². The number of hydrogen-bond acceptors (Lipinski definition) is 1. The Balaban J connectivity index is 2.02. The molecule has 1 N–H and O–H groups in total. The molecule has 15 heavy (non-hydrogen) atoms. The fourth-order valence-corrected chi connectivity index (χ4v) is 1.57. The Bertz CT molecular complexity index is 435. The second-order valence-corrected chi connectivity index (χ2v) is 3.92. The van der Waals surface area contributed by atoms with Crippen LogP contribution in [-0.4, -0.2) is 4.68 Å². The Morgan fingerprint density at radius 1 is 1.27 bits per heavy atom. The smallest absolute Gasteiger partial charge is 0.0564 e. The average molecular weight is 221 g/mol. The van der Waals surface area contributed by atoms with Gasteiger partial charge in [-0.1, -0.05) is 23.7 Å². The standard InChI is InChI=1S/C12H13ClN2/c1-10-4-5-11(8-12(10)13)9-14-15-6-2-3-7-15/h2-8,14H,9H2,1H3. The summed E-state index contributed by atoms with van der Waals surface area (Å²) in [7, 11) is 0. The Hall–Kier alpha value is -1.41. The van der Waals surface area contributed by atoms with Crippen molar-refractivity contribution >= 4 is 11.6 Å². The van der Waals surface area contributed by atoms with E-state index in [0.717, 1.165) is 17.1 Å². The predicted octanol–water partition coefficient (Wildman–Crippen LogP) is 3.19. The van der Waals surface area contributed by atoms with Crippen LogP contribution in [0.4, 0.5) is 0 Å². The molecule has 0 aliphatic heterocycles. The molecule has 0 saturated heterocycles. The molecule has 1 aromatic carbocycles. The summed E-state index contributed by atoms with van der Waals surface area (Å²) < 4.78 is 1.92. The van der Waals surface area contributed by atoms with E-state index in [1.165, 1.54) is 5.56 Å². The van der Waals surface area contributed by atoms with E-state index in [0.29, 0.717) is 0 Å². The Morgan fingerprint density at radius 3 is 2.67 bits per heavy atom. The third-order valence-electron chi connectivity index (χ3n) is 2.31. The minimum atomic E-state index is 0.772. The zero-order chi connectivity index (χ0) is 10.7. The van der Waals surface area contributed by atoms with Gasteiger partial charge in [0.05, 0.1) is 6.54 Å². The lowest BCUT2D eigenvalue weighted by Gasteiger charge is -2.08. The van der Waals surface area contributed by atoms with E-state index < -0.39 is 0 Å². The number of rotatable bonds is 3. The van der Waals surface area contributed by atoms with E-state index in [2.05, 4.69) is 11.5 Å². The van der Waals surface area contributed by atoms with Crippen LogP contribution in [-0.2, 0) is 6.54 Å². The van der Waals surface area contributed by atoms with E-state index in [1.807, 2.05) is 48.3 Å². The van der Waals surface area contributed by atoms with Gasteiger partial charge < -0.3 is 5.43 Å². The van der Waals surface area contributed by atoms with Crippen molar-refractivity contribution in [2.24, 2.45) is 0 Å². The maximum absolute atomic E-state index is 6.04. The van der Waals surface area contributed by atoms with Crippen LogP contribution in [0, 0.1) is 6.92 Å². The highest BCUT2D eigenvalue weighted by atomic mass is 35.5. The molecule has 0 atom stereocenters. The van der Waals surface area contributed by atoms with Crippen LogP contribution in [0.15, 0.2) is 42.7 Å². The second-order valence-electron chi connectivity index (χ2n) is 3.51. The van der Waals surface area contributed by atoms with Crippen molar-refractivity contribution in [1.29, 1.82) is 0 Å². The Morgan fingerprint density at radius 2 is 2.00 bits per heavy atom. The molecule has 0 radical (unpaired) electrons. The van der Waals surface area contributed by atoms with Crippen LogP contribution < -0.4 is 5.43 Å². The molecule has 78 valence electrons. The van der Waals surface area contributed by atoms with Crippen LogP contribution in [0.3, 0.4) is 0 Å². The summed E-state index contributed by atoms with van der Waals surface area (Å²) in [5.74, 6) is 0. The van der Waals surface area contributed by atoms with Gasteiger partial charge in [0, 0.05) is 17.4 Å². The van der Waals surface area contributed by atoms with Gasteiger partial charge in [0.1, 0.15) is 0 Å². The summed E-state index contributed by atoms with van der Waals surface area (Å²) in [4.78, 5) is 0. The second kappa shape index (κ2) is 4.41. The Kier molecular flexibility index (Phi) is 2.97. The first-order valence-electron chi connectivity index (χ1n) is 4.87. The van der Waals surface area contributed by atoms with E-state index >= 15 is 0 Å². The van der Waals surface area contributed by atoms with Gasteiger partial charge in [-0.3, -0.25) is 4.68 Å². The average Bonchev–Trinajstić information content (AvgIpc) is 2.73.